The number of hydrogen-bond donors (Lipinski definition) is 6. The number of amides is 6. The van der Waals surface area contributed by atoms with E-state index in [1.54, 1.807) is 44.2 Å². The summed E-state index contributed by atoms with van der Waals surface area (Å²) in [4.78, 5) is 79.5. The minimum Gasteiger partial charge on any atom is -0.457 e. The van der Waals surface area contributed by atoms with Crippen LogP contribution in [0.3, 0.4) is 0 Å². The van der Waals surface area contributed by atoms with Crippen LogP contribution in [0.25, 0.3) is 0 Å². The largest absolute Gasteiger partial charge is 0.457 e. The lowest BCUT2D eigenvalue weighted by Gasteiger charge is -2.39. The number of ether oxygens (including phenoxy) is 1. The van der Waals surface area contributed by atoms with E-state index in [1.165, 1.54) is 12.1 Å². The number of para-hydroxylation sites is 1. The number of nitrogens with two attached hydrogens (primary N) is 1. The molecule has 68 heavy (non-hydrogen) atoms. The van der Waals surface area contributed by atoms with Gasteiger partial charge in [-0.3, -0.25) is 49.3 Å². The molecule has 7 rings (SSSR count). The number of carbonyl (C=O) groups is 6. The Morgan fingerprint density at radius 2 is 1.62 bits per heavy atom. The van der Waals surface area contributed by atoms with Crippen molar-refractivity contribution in [2.24, 2.45) is 11.7 Å². The molecule has 4 aromatic rings. The molecule has 356 valence electrons. The third-order valence-corrected chi connectivity index (χ3v) is 13.0. The topological polar surface area (TPSA) is 219 Å². The van der Waals surface area contributed by atoms with Crippen LogP contribution in [0.15, 0.2) is 96.3 Å². The number of primary amides is 1. The molecule has 2 fully saturated rings. The summed E-state index contributed by atoms with van der Waals surface area (Å²) in [6.45, 7) is 7.11. The summed E-state index contributed by atoms with van der Waals surface area (Å²) in [6.07, 6.45) is 4.97. The molecule has 4 aromatic carbocycles. The van der Waals surface area contributed by atoms with Crippen molar-refractivity contribution in [2.45, 2.75) is 70.9 Å². The molecule has 3 aliphatic rings. The van der Waals surface area contributed by atoms with Gasteiger partial charge in [0.15, 0.2) is 0 Å². The van der Waals surface area contributed by atoms with Crippen molar-refractivity contribution >= 4 is 53.5 Å². The highest BCUT2D eigenvalue weighted by molar-refractivity contribution is 6.27. The van der Waals surface area contributed by atoms with E-state index >= 15 is 4.39 Å². The molecule has 17 heteroatoms. The van der Waals surface area contributed by atoms with Gasteiger partial charge < -0.3 is 31.3 Å². The third kappa shape index (κ3) is 11.9. The van der Waals surface area contributed by atoms with Gasteiger partial charge in [-0.05, 0) is 136 Å². The second-order valence-electron chi connectivity index (χ2n) is 17.6. The van der Waals surface area contributed by atoms with Gasteiger partial charge in [0.25, 0.3) is 17.7 Å². The molecule has 2 aliphatic heterocycles. The zero-order valence-electron chi connectivity index (χ0n) is 38.3. The molecule has 1 saturated heterocycles. The summed E-state index contributed by atoms with van der Waals surface area (Å²) in [5.74, 6) is -0.428. The SMILES string of the molecule is Cc1cc(F)c(N2CCN(CC3CCC(NC(=O)c4ccc5c(c4)CCN/C(=C(\C(=N)c4ccc(Oc6ccccc6)cc4)C(N)=O)N5)CC3)CC2)cc1C(=O)N(C=O)C(C)CCC(=O)NC=O. The van der Waals surface area contributed by atoms with E-state index in [-0.39, 0.29) is 48.0 Å². The van der Waals surface area contributed by atoms with Crippen LogP contribution < -0.4 is 36.6 Å². The molecule has 1 aliphatic carbocycles. The first-order valence-corrected chi connectivity index (χ1v) is 23.0. The zero-order chi connectivity index (χ0) is 48.3. The second kappa shape index (κ2) is 22.4. The number of aryl methyl sites for hydroxylation is 1. The van der Waals surface area contributed by atoms with Gasteiger partial charge in [0.05, 0.1) is 11.4 Å². The maximum absolute atomic E-state index is 15.4. The Morgan fingerprint density at radius 3 is 2.29 bits per heavy atom. The molecular formula is C51H58FN9O7. The van der Waals surface area contributed by atoms with Crippen LogP contribution in [0.1, 0.15) is 82.9 Å². The first-order valence-electron chi connectivity index (χ1n) is 23.0. The number of nitrogens with zero attached hydrogens (tertiary/aromatic N) is 3. The van der Waals surface area contributed by atoms with Gasteiger partial charge in [-0.1, -0.05) is 18.2 Å². The number of nitrogens with one attached hydrogen (secondary N) is 5. The number of hydrogen-bond acceptors (Lipinski definition) is 12. The number of rotatable bonds is 17. The molecule has 6 amide bonds. The van der Waals surface area contributed by atoms with Crippen molar-refractivity contribution in [3.05, 3.63) is 130 Å². The number of benzene rings is 4. The van der Waals surface area contributed by atoms with Crippen molar-refractivity contribution in [3.8, 4) is 11.5 Å². The average molecular weight is 928 g/mol. The van der Waals surface area contributed by atoms with Crippen molar-refractivity contribution in [1.29, 1.82) is 5.41 Å². The Kier molecular flexibility index (Phi) is 16.0. The minimum atomic E-state index is -0.761. The van der Waals surface area contributed by atoms with E-state index in [0.717, 1.165) is 42.7 Å². The van der Waals surface area contributed by atoms with Gasteiger partial charge in [0, 0.05) is 80.2 Å². The minimum absolute atomic E-state index is 0.00610. The van der Waals surface area contributed by atoms with E-state index < -0.39 is 29.6 Å². The molecular weight excluding hydrogens is 870 g/mol. The highest BCUT2D eigenvalue weighted by Gasteiger charge is 2.30. The number of fused-ring (bicyclic) bond motifs is 1. The summed E-state index contributed by atoms with van der Waals surface area (Å²) in [5, 5.41) is 20.7. The van der Waals surface area contributed by atoms with Gasteiger partial charge >= 0.3 is 0 Å². The number of imide groups is 2. The molecule has 0 spiro atoms. The summed E-state index contributed by atoms with van der Waals surface area (Å²) in [5.41, 5.74) is 9.31. The number of carbonyl (C=O) groups excluding carboxylic acids is 6. The van der Waals surface area contributed by atoms with Crippen molar-refractivity contribution in [3.63, 3.8) is 0 Å². The molecule has 0 radical (unpaired) electrons. The number of anilines is 2. The van der Waals surface area contributed by atoms with Gasteiger partial charge in [-0.2, -0.15) is 0 Å². The predicted octanol–water partition coefficient (Wildman–Crippen LogP) is 5.40. The van der Waals surface area contributed by atoms with Gasteiger partial charge in [0.2, 0.25) is 18.7 Å². The van der Waals surface area contributed by atoms with Crippen LogP contribution in [-0.4, -0.2) is 103 Å². The van der Waals surface area contributed by atoms with Crippen LogP contribution in [-0.2, 0) is 25.6 Å². The molecule has 16 nitrogen and oxygen atoms in total. The maximum Gasteiger partial charge on any atom is 0.260 e. The summed E-state index contributed by atoms with van der Waals surface area (Å²) < 4.78 is 21.3. The first-order chi connectivity index (χ1) is 32.8. The van der Waals surface area contributed by atoms with Crippen molar-refractivity contribution in [1.82, 2.24) is 25.8 Å². The Morgan fingerprint density at radius 1 is 0.926 bits per heavy atom. The molecule has 0 bridgehead atoms. The van der Waals surface area contributed by atoms with Gasteiger partial charge in [-0.25, -0.2) is 4.39 Å². The second-order valence-corrected chi connectivity index (χ2v) is 17.6. The Labute approximate surface area is 395 Å². The fourth-order valence-corrected chi connectivity index (χ4v) is 9.08. The van der Waals surface area contributed by atoms with Gasteiger partial charge in [-0.15, -0.1) is 0 Å². The van der Waals surface area contributed by atoms with E-state index in [4.69, 9.17) is 15.9 Å². The maximum atomic E-state index is 15.4. The lowest BCUT2D eigenvalue weighted by atomic mass is 9.85. The highest BCUT2D eigenvalue weighted by atomic mass is 19.1. The molecule has 1 unspecified atom stereocenters. The Balaban J connectivity index is 0.886. The highest BCUT2D eigenvalue weighted by Crippen LogP contribution is 2.30. The Bertz CT molecular complexity index is 2550. The smallest absolute Gasteiger partial charge is 0.260 e. The quantitative estimate of drug-likeness (QED) is 0.0448. The molecule has 2 heterocycles. The lowest BCUT2D eigenvalue weighted by molar-refractivity contribution is -0.126. The summed E-state index contributed by atoms with van der Waals surface area (Å²) in [7, 11) is 0. The van der Waals surface area contributed by atoms with E-state index in [9.17, 15) is 28.8 Å². The predicted molar refractivity (Wildman–Crippen MR) is 256 cm³/mol. The normalized spacial score (nSPS) is 18.2. The van der Waals surface area contributed by atoms with Gasteiger partial charge in [0.1, 0.15) is 28.7 Å². The summed E-state index contributed by atoms with van der Waals surface area (Å²) >= 11 is 0. The van der Waals surface area contributed by atoms with Crippen LogP contribution >= 0.6 is 0 Å². The number of halogens is 1. The molecule has 1 atom stereocenters. The fraction of sp³-hybridized carbons (Fsp3) is 0.353. The first kappa shape index (κ1) is 48.5. The van der Waals surface area contributed by atoms with E-state index in [0.29, 0.717) is 96.9 Å². The standard InChI is InChI=1S/C51H58FN9O7/c1-32-26-42(52)44(28-41(32)51(67)61(31-63)33(2)8-19-45(64)56-30-62)60-24-22-59(23-25-60)29-34-9-14-38(15-10-34)57-50(66)37-13-18-43-36(27-37)20-21-55-49(58-43)46(48(54)65)47(53)35-11-16-40(17-12-35)68-39-6-4-3-5-7-39/h3-7,11-13,16-18,26-28,30-31,33-34,38,53,55,58H,8-10,14-15,19-25,29H2,1-2H3,(H2,54,65)(H,57,66)(H,56,62,64)/b49-46-,53-47?. The zero-order valence-corrected chi connectivity index (χ0v) is 38.3. The lowest BCUT2D eigenvalue weighted by Crippen LogP contribution is -2.49. The third-order valence-electron chi connectivity index (χ3n) is 13.0. The Hall–Kier alpha value is -7.40. The number of piperazine rings is 1. The molecule has 1 saturated carbocycles. The fourth-order valence-electron chi connectivity index (χ4n) is 9.08. The van der Waals surface area contributed by atoms with Crippen LogP contribution in [0.5, 0.6) is 11.5 Å². The molecule has 0 aromatic heterocycles. The van der Waals surface area contributed by atoms with E-state index in [1.807, 2.05) is 52.7 Å². The molecule has 7 N–H and O–H groups in total. The van der Waals surface area contributed by atoms with Crippen LogP contribution in [0.4, 0.5) is 15.8 Å². The summed E-state index contributed by atoms with van der Waals surface area (Å²) in [6, 6.07) is 23.9. The van der Waals surface area contributed by atoms with E-state index in [2.05, 4.69) is 20.9 Å². The van der Waals surface area contributed by atoms with Crippen LogP contribution in [0, 0.1) is 24.1 Å². The monoisotopic (exact) mass is 927 g/mol. The average Bonchev–Trinajstić information content (AvgIpc) is 3.54. The van der Waals surface area contributed by atoms with Crippen molar-refractivity contribution < 1.29 is 37.9 Å². The van der Waals surface area contributed by atoms with Crippen molar-refractivity contribution in [2.75, 3.05) is 49.5 Å². The van der Waals surface area contributed by atoms with Crippen LogP contribution in [0.2, 0.25) is 0 Å².